The monoisotopic (exact) mass is 994 g/mol. The maximum atomic E-state index is 14.5. The molecule has 0 aliphatic rings. The summed E-state index contributed by atoms with van der Waals surface area (Å²) in [6, 6.07) is 86.6. The molecule has 0 aliphatic heterocycles. The van der Waals surface area contributed by atoms with Gasteiger partial charge >= 0.3 is 0 Å². The van der Waals surface area contributed by atoms with Gasteiger partial charge in [-0.1, -0.05) is 164 Å². The Kier molecular flexibility index (Phi) is 9.54. The van der Waals surface area contributed by atoms with Crippen LogP contribution >= 0.6 is 0 Å². The number of rotatable bonds is 7. The second-order valence-corrected chi connectivity index (χ2v) is 20.4. The van der Waals surface area contributed by atoms with Crippen LogP contribution < -0.4 is 11.1 Å². The fraction of sp³-hybridized carbons (Fsp3) is 0. The topological polar surface area (TPSA) is 68.7 Å². The van der Waals surface area contributed by atoms with Crippen LogP contribution in [0.5, 0.6) is 0 Å². The number of aromatic nitrogens is 4. The molecular formula is C72H42N4O2. The van der Waals surface area contributed by atoms with Gasteiger partial charge in [0.25, 0.3) is 11.1 Å². The Morgan fingerprint density at radius 1 is 0.256 bits per heavy atom. The van der Waals surface area contributed by atoms with E-state index in [4.69, 9.17) is 9.97 Å². The molecule has 0 amide bonds. The summed E-state index contributed by atoms with van der Waals surface area (Å²) in [5.74, 6) is 0. The van der Waals surface area contributed by atoms with Crippen molar-refractivity contribution in [2.45, 2.75) is 0 Å². The van der Waals surface area contributed by atoms with Gasteiger partial charge in [-0.3, -0.25) is 23.4 Å². The second kappa shape index (κ2) is 17.0. The van der Waals surface area contributed by atoms with Crippen LogP contribution in [-0.4, -0.2) is 18.8 Å². The van der Waals surface area contributed by atoms with Gasteiger partial charge in [0.05, 0.1) is 44.2 Å². The summed E-state index contributed by atoms with van der Waals surface area (Å²) < 4.78 is 3.72. The molecule has 0 spiro atoms. The zero-order chi connectivity index (χ0) is 51.6. The first-order chi connectivity index (χ1) is 38.5. The van der Waals surface area contributed by atoms with Crippen LogP contribution in [0.2, 0.25) is 0 Å². The second-order valence-electron chi connectivity index (χ2n) is 20.4. The Bertz CT molecular complexity index is 5260. The quantitative estimate of drug-likeness (QED) is 0.149. The number of benzene rings is 10. The normalized spacial score (nSPS) is 11.9. The first kappa shape index (κ1) is 43.8. The summed E-state index contributed by atoms with van der Waals surface area (Å²) >= 11 is 0. The van der Waals surface area contributed by atoms with Crippen molar-refractivity contribution in [3.63, 3.8) is 0 Å². The van der Waals surface area contributed by atoms with Crippen LogP contribution in [0.1, 0.15) is 0 Å². The summed E-state index contributed by atoms with van der Waals surface area (Å²) in [4.78, 5) is 38.8. The highest BCUT2D eigenvalue weighted by atomic mass is 16.1. The molecule has 0 radical (unpaired) electrons. The molecule has 0 atom stereocenters. The number of para-hydroxylation sites is 1. The summed E-state index contributed by atoms with van der Waals surface area (Å²) in [5.41, 5.74) is 19.8. The average Bonchev–Trinajstić information content (AvgIpc) is 4.14. The highest BCUT2D eigenvalue weighted by Gasteiger charge is 2.21. The van der Waals surface area contributed by atoms with Crippen molar-refractivity contribution in [1.29, 1.82) is 0 Å². The van der Waals surface area contributed by atoms with E-state index in [1.54, 1.807) is 0 Å². The molecule has 0 saturated heterocycles. The minimum absolute atomic E-state index is 0.0387. The molecular weight excluding hydrogens is 953 g/mol. The first-order valence-corrected chi connectivity index (χ1v) is 26.3. The van der Waals surface area contributed by atoms with Gasteiger partial charge in [-0.2, -0.15) is 0 Å². The number of hydrogen-bond donors (Lipinski definition) is 0. The molecule has 16 aromatic rings. The maximum absolute atomic E-state index is 14.5. The number of fused-ring (bicyclic) bond motifs is 10. The van der Waals surface area contributed by atoms with E-state index >= 15 is 0 Å². The van der Waals surface area contributed by atoms with E-state index in [0.717, 1.165) is 138 Å². The van der Waals surface area contributed by atoms with Crippen molar-refractivity contribution in [3.8, 4) is 78.0 Å². The van der Waals surface area contributed by atoms with Crippen molar-refractivity contribution in [2.24, 2.45) is 0 Å². The van der Waals surface area contributed by atoms with E-state index in [9.17, 15) is 9.59 Å². The molecule has 78 heavy (non-hydrogen) atoms. The van der Waals surface area contributed by atoms with Crippen molar-refractivity contribution in [2.75, 3.05) is 0 Å². The molecule has 0 saturated carbocycles. The third-order valence-electron chi connectivity index (χ3n) is 16.0. The van der Waals surface area contributed by atoms with Gasteiger partial charge in [0.1, 0.15) is 0 Å². The summed E-state index contributed by atoms with van der Waals surface area (Å²) in [6.07, 6.45) is 1.86. The molecule has 0 bridgehead atoms. The summed E-state index contributed by atoms with van der Waals surface area (Å²) in [5, 5.41) is 7.14. The Labute approximate surface area is 446 Å². The van der Waals surface area contributed by atoms with E-state index in [1.165, 1.54) is 0 Å². The lowest BCUT2D eigenvalue weighted by atomic mass is 9.90. The number of nitrogens with zero attached hydrogens (tertiary/aromatic N) is 4. The SMILES string of the molecule is O=c1c2ccc(-c3cccc(-c4cccc(-c5cc(-c6cccc(-c7ccccc7)c6)cc(-c6ccc7c(c6)c6ccnc8c9ccccc9c(=O)n7c68)c5)c4)c3)nc2c2cccc3c4cc(-c5ccccc5)ccc4n1c32. The van der Waals surface area contributed by atoms with Gasteiger partial charge in [0.2, 0.25) is 0 Å². The standard InChI is InChI=1S/C72H42N4O2/c77-71-59-24-8-7-23-56(59)68-70-58(33-34-73-68)63-42-51(28-32-66(63)76(70)71)55-39-53(48-20-9-17-45(35-48)43-13-3-1-4-14-43)38-54(40-55)49-21-10-18-46(36-49)47-19-11-22-52(37-47)64-30-29-61-67(74-64)60-26-12-25-57-62-41-50(44-15-5-2-6-16-44)27-31-65(62)75(69(57)60)72(61)78/h1-42H. The van der Waals surface area contributed by atoms with Gasteiger partial charge in [-0.05, 0) is 152 Å². The Hall–Kier alpha value is -10.6. The third kappa shape index (κ3) is 6.70. The fourth-order valence-electron chi connectivity index (χ4n) is 12.3. The van der Waals surface area contributed by atoms with Crippen molar-refractivity contribution < 1.29 is 0 Å². The zero-order valence-electron chi connectivity index (χ0n) is 41.9. The molecule has 16 rings (SSSR count). The molecule has 6 heteroatoms. The molecule has 0 aliphatic carbocycles. The van der Waals surface area contributed by atoms with Crippen molar-refractivity contribution >= 4 is 76.2 Å². The third-order valence-corrected chi connectivity index (χ3v) is 16.0. The van der Waals surface area contributed by atoms with E-state index < -0.39 is 0 Å². The van der Waals surface area contributed by atoms with Crippen LogP contribution in [0.25, 0.3) is 154 Å². The zero-order valence-corrected chi connectivity index (χ0v) is 41.9. The van der Waals surface area contributed by atoms with Gasteiger partial charge in [0.15, 0.2) is 0 Å². The molecule has 0 fully saturated rings. The smallest absolute Gasteiger partial charge is 0.265 e. The van der Waals surface area contributed by atoms with Crippen LogP contribution in [-0.2, 0) is 0 Å². The minimum atomic E-state index is -0.0699. The molecule has 362 valence electrons. The minimum Gasteiger partial charge on any atom is -0.275 e. The number of pyridine rings is 4. The van der Waals surface area contributed by atoms with Crippen molar-refractivity contribution in [3.05, 3.63) is 276 Å². The first-order valence-electron chi connectivity index (χ1n) is 26.3. The van der Waals surface area contributed by atoms with E-state index in [0.29, 0.717) is 16.3 Å². The maximum Gasteiger partial charge on any atom is 0.265 e. The summed E-state index contributed by atoms with van der Waals surface area (Å²) in [7, 11) is 0. The molecule has 6 aromatic heterocycles. The molecule has 10 aromatic carbocycles. The van der Waals surface area contributed by atoms with Gasteiger partial charge in [-0.15, -0.1) is 0 Å². The molecule has 0 N–H and O–H groups in total. The fourth-order valence-corrected chi connectivity index (χ4v) is 12.3. The van der Waals surface area contributed by atoms with Gasteiger partial charge in [-0.25, -0.2) is 4.98 Å². The van der Waals surface area contributed by atoms with Crippen molar-refractivity contribution in [1.82, 2.24) is 18.8 Å². The lowest BCUT2D eigenvalue weighted by Crippen LogP contribution is -2.13. The van der Waals surface area contributed by atoms with Crippen LogP contribution in [0.3, 0.4) is 0 Å². The predicted octanol–water partition coefficient (Wildman–Crippen LogP) is 17.2. The Morgan fingerprint density at radius 3 is 1.31 bits per heavy atom. The van der Waals surface area contributed by atoms with Crippen LogP contribution in [0.15, 0.2) is 265 Å². The number of hydrogen-bond acceptors (Lipinski definition) is 4. The van der Waals surface area contributed by atoms with Gasteiger partial charge in [0, 0.05) is 49.5 Å². The Morgan fingerprint density at radius 2 is 0.679 bits per heavy atom. The molecule has 6 heterocycles. The van der Waals surface area contributed by atoms with E-state index in [1.807, 2.05) is 69.6 Å². The Balaban J connectivity index is 0.814. The predicted molar refractivity (Wildman–Crippen MR) is 322 cm³/mol. The van der Waals surface area contributed by atoms with E-state index in [2.05, 4.69) is 194 Å². The summed E-state index contributed by atoms with van der Waals surface area (Å²) in [6.45, 7) is 0. The highest BCUT2D eigenvalue weighted by molar-refractivity contribution is 6.21. The molecule has 6 nitrogen and oxygen atoms in total. The molecule has 0 unspecified atom stereocenters. The largest absolute Gasteiger partial charge is 0.275 e. The lowest BCUT2D eigenvalue weighted by Gasteiger charge is -2.14. The van der Waals surface area contributed by atoms with Crippen LogP contribution in [0, 0.1) is 0 Å². The van der Waals surface area contributed by atoms with Crippen LogP contribution in [0.4, 0.5) is 0 Å². The average molecular weight is 995 g/mol. The lowest BCUT2D eigenvalue weighted by molar-refractivity contribution is 1.20. The highest BCUT2D eigenvalue weighted by Crippen LogP contribution is 2.41. The van der Waals surface area contributed by atoms with Gasteiger partial charge < -0.3 is 0 Å². The van der Waals surface area contributed by atoms with E-state index in [-0.39, 0.29) is 11.1 Å².